The normalized spacial score (nSPS) is 10.8. The molecule has 4 heteroatoms. The van der Waals surface area contributed by atoms with Crippen LogP contribution in [0.2, 0.25) is 5.02 Å². The summed E-state index contributed by atoms with van der Waals surface area (Å²) < 4.78 is 0.950. The first-order valence-electron chi connectivity index (χ1n) is 6.05. The number of hydrogen-bond donors (Lipinski definition) is 1. The Morgan fingerprint density at radius 3 is 2.60 bits per heavy atom. The highest BCUT2D eigenvalue weighted by atomic mass is 79.9. The number of nitrogens with one attached hydrogen (secondary N) is 1. The fourth-order valence-corrected chi connectivity index (χ4v) is 2.10. The average molecular weight is 351 g/mol. The third-order valence-corrected chi connectivity index (χ3v) is 3.57. The summed E-state index contributed by atoms with van der Waals surface area (Å²) in [6, 6.07) is 12.8. The van der Waals surface area contributed by atoms with Gasteiger partial charge in [-0.15, -0.1) is 0 Å². The number of allylic oxidation sites excluding steroid dienone is 1. The predicted molar refractivity (Wildman–Crippen MR) is 87.4 cm³/mol. The van der Waals surface area contributed by atoms with Crippen molar-refractivity contribution in [1.82, 2.24) is 0 Å². The second-order valence-corrected chi connectivity index (χ2v) is 5.66. The maximum absolute atomic E-state index is 11.9. The highest BCUT2D eigenvalue weighted by Gasteiger charge is 2.01. The molecule has 0 aliphatic rings. The van der Waals surface area contributed by atoms with Crippen LogP contribution in [-0.4, -0.2) is 5.78 Å². The molecule has 2 nitrogen and oxygen atoms in total. The van der Waals surface area contributed by atoms with Crippen LogP contribution in [0.25, 0.3) is 0 Å². The Labute approximate surface area is 131 Å². The summed E-state index contributed by atoms with van der Waals surface area (Å²) >= 11 is 9.27. The first-order chi connectivity index (χ1) is 9.56. The molecule has 0 saturated carbocycles. The minimum Gasteiger partial charge on any atom is -0.361 e. The highest BCUT2D eigenvalue weighted by Crippen LogP contribution is 2.20. The van der Waals surface area contributed by atoms with E-state index >= 15 is 0 Å². The smallest absolute Gasteiger partial charge is 0.187 e. The van der Waals surface area contributed by atoms with Crippen LogP contribution in [0.3, 0.4) is 0 Å². The molecule has 0 saturated heterocycles. The highest BCUT2D eigenvalue weighted by molar-refractivity contribution is 9.10. The fourth-order valence-electron chi connectivity index (χ4n) is 1.67. The van der Waals surface area contributed by atoms with Gasteiger partial charge in [0.1, 0.15) is 0 Å². The Kier molecular flexibility index (Phi) is 4.99. The van der Waals surface area contributed by atoms with Gasteiger partial charge in [-0.2, -0.15) is 0 Å². The molecule has 2 aromatic carbocycles. The van der Waals surface area contributed by atoms with Gasteiger partial charge in [0, 0.05) is 33.0 Å². The lowest BCUT2D eigenvalue weighted by molar-refractivity contribution is 0.104. The molecular formula is C16H13BrClNO. The number of hydrogen-bond acceptors (Lipinski definition) is 2. The summed E-state index contributed by atoms with van der Waals surface area (Å²) in [5.74, 6) is -0.0512. The number of carbonyl (C=O) groups excluding carboxylic acids is 1. The van der Waals surface area contributed by atoms with E-state index in [1.165, 1.54) is 6.08 Å². The summed E-state index contributed by atoms with van der Waals surface area (Å²) in [5.41, 5.74) is 2.60. The Bertz CT molecular complexity index is 650. The van der Waals surface area contributed by atoms with Crippen molar-refractivity contribution in [1.29, 1.82) is 0 Å². The van der Waals surface area contributed by atoms with Gasteiger partial charge in [-0.05, 0) is 48.9 Å². The first kappa shape index (κ1) is 14.8. The molecule has 102 valence electrons. The van der Waals surface area contributed by atoms with E-state index in [2.05, 4.69) is 21.2 Å². The molecular weight excluding hydrogens is 338 g/mol. The van der Waals surface area contributed by atoms with Gasteiger partial charge in [0.2, 0.25) is 0 Å². The molecule has 0 unspecified atom stereocenters. The monoisotopic (exact) mass is 349 g/mol. The minimum absolute atomic E-state index is 0.0512. The standard InChI is InChI=1S/C16H13BrClNO/c1-11-2-7-14(18)10-15(11)19-9-8-16(20)12-3-5-13(17)6-4-12/h2-10,19H,1H3/b9-8+. The van der Waals surface area contributed by atoms with Gasteiger partial charge in [0.15, 0.2) is 5.78 Å². The number of aryl methyl sites for hydroxylation is 1. The van der Waals surface area contributed by atoms with E-state index in [-0.39, 0.29) is 5.78 Å². The molecule has 0 bridgehead atoms. The molecule has 20 heavy (non-hydrogen) atoms. The lowest BCUT2D eigenvalue weighted by Crippen LogP contribution is -1.96. The van der Waals surface area contributed by atoms with Gasteiger partial charge in [-0.1, -0.05) is 33.6 Å². The van der Waals surface area contributed by atoms with Crippen LogP contribution in [0.4, 0.5) is 5.69 Å². The lowest BCUT2D eigenvalue weighted by atomic mass is 10.1. The first-order valence-corrected chi connectivity index (χ1v) is 7.22. The molecule has 0 fully saturated rings. The number of halogens is 2. The molecule has 2 rings (SSSR count). The number of carbonyl (C=O) groups is 1. The Morgan fingerprint density at radius 1 is 1.20 bits per heavy atom. The molecule has 1 N–H and O–H groups in total. The molecule has 0 amide bonds. The average Bonchev–Trinajstić information content (AvgIpc) is 2.43. The van der Waals surface area contributed by atoms with E-state index in [4.69, 9.17) is 11.6 Å². The molecule has 0 spiro atoms. The quantitative estimate of drug-likeness (QED) is 0.605. The molecule has 2 aromatic rings. The number of benzene rings is 2. The minimum atomic E-state index is -0.0512. The third-order valence-electron chi connectivity index (χ3n) is 2.80. The van der Waals surface area contributed by atoms with Crippen molar-refractivity contribution in [2.24, 2.45) is 0 Å². The second-order valence-electron chi connectivity index (χ2n) is 4.31. The third kappa shape index (κ3) is 3.95. The van der Waals surface area contributed by atoms with E-state index < -0.39 is 0 Å². The van der Waals surface area contributed by atoms with Gasteiger partial charge in [0.05, 0.1) is 0 Å². The zero-order valence-electron chi connectivity index (χ0n) is 10.9. The van der Waals surface area contributed by atoms with Crippen LogP contribution in [0.15, 0.2) is 59.2 Å². The Hall–Kier alpha value is -1.58. The van der Waals surface area contributed by atoms with E-state index in [0.29, 0.717) is 10.6 Å². The van der Waals surface area contributed by atoms with Gasteiger partial charge in [0.25, 0.3) is 0 Å². The van der Waals surface area contributed by atoms with Crippen molar-refractivity contribution in [3.63, 3.8) is 0 Å². The van der Waals surface area contributed by atoms with Crippen LogP contribution < -0.4 is 5.32 Å². The zero-order chi connectivity index (χ0) is 14.5. The van der Waals surface area contributed by atoms with Crippen molar-refractivity contribution < 1.29 is 4.79 Å². The van der Waals surface area contributed by atoms with E-state index in [0.717, 1.165) is 15.7 Å². The Balaban J connectivity index is 2.04. The lowest BCUT2D eigenvalue weighted by Gasteiger charge is -2.05. The SMILES string of the molecule is Cc1ccc(Cl)cc1N/C=C/C(=O)c1ccc(Br)cc1. The van der Waals surface area contributed by atoms with Gasteiger partial charge >= 0.3 is 0 Å². The summed E-state index contributed by atoms with van der Waals surface area (Å²) in [6.45, 7) is 1.98. The van der Waals surface area contributed by atoms with Crippen molar-refractivity contribution in [3.8, 4) is 0 Å². The van der Waals surface area contributed by atoms with E-state index in [1.54, 1.807) is 18.3 Å². The maximum Gasteiger partial charge on any atom is 0.187 e. The van der Waals surface area contributed by atoms with Crippen LogP contribution in [0.5, 0.6) is 0 Å². The number of rotatable bonds is 4. The summed E-state index contributed by atoms with van der Waals surface area (Å²) in [4.78, 5) is 11.9. The van der Waals surface area contributed by atoms with Crippen molar-refractivity contribution >= 4 is 39.0 Å². The zero-order valence-corrected chi connectivity index (χ0v) is 13.2. The second kappa shape index (κ2) is 6.73. The molecule has 0 radical (unpaired) electrons. The Morgan fingerprint density at radius 2 is 1.90 bits per heavy atom. The molecule has 0 atom stereocenters. The van der Waals surface area contributed by atoms with Crippen molar-refractivity contribution in [2.45, 2.75) is 6.92 Å². The van der Waals surface area contributed by atoms with Gasteiger partial charge in [-0.3, -0.25) is 4.79 Å². The predicted octanol–water partition coefficient (Wildman–Crippen LogP) is 5.22. The van der Waals surface area contributed by atoms with Crippen molar-refractivity contribution in [3.05, 3.63) is 75.4 Å². The topological polar surface area (TPSA) is 29.1 Å². The largest absolute Gasteiger partial charge is 0.361 e. The number of ketones is 1. The molecule has 0 aliphatic carbocycles. The molecule has 0 heterocycles. The summed E-state index contributed by atoms with van der Waals surface area (Å²) in [5, 5.41) is 3.73. The fraction of sp³-hybridized carbons (Fsp3) is 0.0625. The van der Waals surface area contributed by atoms with Crippen LogP contribution >= 0.6 is 27.5 Å². The molecule has 0 aromatic heterocycles. The summed E-state index contributed by atoms with van der Waals surface area (Å²) in [6.07, 6.45) is 3.13. The van der Waals surface area contributed by atoms with Gasteiger partial charge in [-0.25, -0.2) is 0 Å². The van der Waals surface area contributed by atoms with Crippen LogP contribution in [0.1, 0.15) is 15.9 Å². The number of anilines is 1. The van der Waals surface area contributed by atoms with Crippen LogP contribution in [-0.2, 0) is 0 Å². The summed E-state index contributed by atoms with van der Waals surface area (Å²) in [7, 11) is 0. The van der Waals surface area contributed by atoms with Gasteiger partial charge < -0.3 is 5.32 Å². The van der Waals surface area contributed by atoms with Crippen LogP contribution in [0, 0.1) is 6.92 Å². The van der Waals surface area contributed by atoms with Crippen molar-refractivity contribution in [2.75, 3.05) is 5.32 Å². The maximum atomic E-state index is 11.9. The van der Waals surface area contributed by atoms with E-state index in [9.17, 15) is 4.79 Å². The molecule has 0 aliphatic heterocycles. The van der Waals surface area contributed by atoms with E-state index in [1.807, 2.05) is 37.3 Å².